The lowest BCUT2D eigenvalue weighted by Gasteiger charge is -2.33. The molecule has 1 fully saturated rings. The molecular formula is C24H24N6O5S. The summed E-state index contributed by atoms with van der Waals surface area (Å²) in [7, 11) is -2.92. The largest absolute Gasteiger partial charge is 0.378 e. The molecule has 0 aliphatic carbocycles. The molecule has 2 unspecified atom stereocenters. The summed E-state index contributed by atoms with van der Waals surface area (Å²) in [5, 5.41) is 0. The molecule has 2 aliphatic rings. The van der Waals surface area contributed by atoms with Crippen molar-refractivity contribution in [1.82, 2.24) is 19.2 Å². The molecule has 1 saturated heterocycles. The molecule has 186 valence electrons. The number of likely N-dealkylation sites (N-methyl/N-ethyl adjacent to an activating group) is 1. The molecule has 5 rings (SSSR count). The van der Waals surface area contributed by atoms with Crippen LogP contribution in [-0.2, 0) is 25.4 Å². The number of aromatic nitrogens is 2. The van der Waals surface area contributed by atoms with Crippen LogP contribution in [0.4, 0.5) is 0 Å². The van der Waals surface area contributed by atoms with Crippen molar-refractivity contribution in [2.24, 2.45) is 10.7 Å². The zero-order valence-electron chi connectivity index (χ0n) is 19.4. The summed E-state index contributed by atoms with van der Waals surface area (Å²) in [6.07, 6.45) is 4.78. The lowest BCUT2D eigenvalue weighted by molar-refractivity contribution is -0.129. The molecule has 11 nitrogen and oxygen atoms in total. The molecule has 0 saturated carbocycles. The lowest BCUT2D eigenvalue weighted by atomic mass is 9.81. The normalized spacial score (nSPS) is 23.1. The average molecular weight is 509 g/mol. The van der Waals surface area contributed by atoms with Crippen LogP contribution in [0.15, 0.2) is 72.2 Å². The number of amides is 1. The van der Waals surface area contributed by atoms with Crippen LogP contribution < -0.4 is 5.73 Å². The summed E-state index contributed by atoms with van der Waals surface area (Å²) in [6.45, 7) is 0.228. The van der Waals surface area contributed by atoms with E-state index in [9.17, 15) is 17.8 Å². The first-order chi connectivity index (χ1) is 17.2. The zero-order chi connectivity index (χ0) is 25.5. The van der Waals surface area contributed by atoms with Gasteiger partial charge in [-0.15, -0.1) is 0 Å². The Morgan fingerprint density at radius 3 is 2.44 bits per heavy atom. The van der Waals surface area contributed by atoms with Crippen molar-refractivity contribution in [3.8, 4) is 11.1 Å². The summed E-state index contributed by atoms with van der Waals surface area (Å²) in [6, 6.07) is 13.5. The fourth-order valence-electron chi connectivity index (χ4n) is 4.65. The Morgan fingerprint density at radius 2 is 1.78 bits per heavy atom. The van der Waals surface area contributed by atoms with Gasteiger partial charge in [0, 0.05) is 31.5 Å². The quantitative estimate of drug-likeness (QED) is 0.490. The fraction of sp³-hybridized carbons (Fsp3) is 0.250. The first-order valence-electron chi connectivity index (χ1n) is 11.1. The van der Waals surface area contributed by atoms with E-state index in [0.29, 0.717) is 16.7 Å². The summed E-state index contributed by atoms with van der Waals surface area (Å²) >= 11 is 0. The number of carbonyl (C=O) groups excluding carboxylic acids is 1. The van der Waals surface area contributed by atoms with Gasteiger partial charge in [-0.25, -0.2) is 15.0 Å². The van der Waals surface area contributed by atoms with Gasteiger partial charge >= 0.3 is 10.3 Å². The minimum Gasteiger partial charge on any atom is -0.378 e. The number of morpholine rings is 1. The van der Waals surface area contributed by atoms with Gasteiger partial charge in [-0.2, -0.15) is 12.7 Å². The first kappa shape index (κ1) is 24.0. The number of guanidine groups is 1. The van der Waals surface area contributed by atoms with Crippen molar-refractivity contribution < 1.29 is 22.5 Å². The second-order valence-electron chi connectivity index (χ2n) is 8.56. The number of ether oxygens (including phenoxy) is 1. The van der Waals surface area contributed by atoms with Crippen molar-refractivity contribution in [2.45, 2.75) is 11.6 Å². The predicted octanol–water partition coefficient (Wildman–Crippen LogP) is 1.35. The van der Waals surface area contributed by atoms with Gasteiger partial charge < -0.3 is 10.5 Å². The van der Waals surface area contributed by atoms with Gasteiger partial charge in [-0.05, 0) is 28.3 Å². The number of nitrogens with zero attached hydrogens (tertiary/aromatic N) is 5. The summed E-state index contributed by atoms with van der Waals surface area (Å²) < 4.78 is 40.3. The van der Waals surface area contributed by atoms with Gasteiger partial charge in [-0.1, -0.05) is 42.5 Å². The van der Waals surface area contributed by atoms with Gasteiger partial charge in [0.1, 0.15) is 6.33 Å². The molecule has 2 aromatic carbocycles. The molecule has 0 spiro atoms. The topological polar surface area (TPSA) is 151 Å². The number of benzene rings is 2. The smallest absolute Gasteiger partial charge is 0.336 e. The number of hydrogen-bond acceptors (Lipinski definition) is 8. The average Bonchev–Trinajstić information content (AvgIpc) is 3.13. The molecule has 2 aliphatic heterocycles. The minimum absolute atomic E-state index is 0.00678. The maximum Gasteiger partial charge on any atom is 0.336 e. The Kier molecular flexibility index (Phi) is 6.04. The van der Waals surface area contributed by atoms with Crippen molar-refractivity contribution in [3.05, 3.63) is 83.9 Å². The van der Waals surface area contributed by atoms with E-state index in [0.717, 1.165) is 15.4 Å². The van der Waals surface area contributed by atoms with E-state index in [1.807, 2.05) is 18.2 Å². The fourth-order valence-corrected chi connectivity index (χ4v) is 5.46. The van der Waals surface area contributed by atoms with Crippen LogP contribution in [0.3, 0.4) is 0 Å². The Balaban J connectivity index is 1.67. The Labute approximate surface area is 208 Å². The summed E-state index contributed by atoms with van der Waals surface area (Å²) in [5.74, 6) is -0.301. The number of nitrogens with two attached hydrogens (primary N) is 1. The zero-order valence-corrected chi connectivity index (χ0v) is 20.2. The lowest BCUT2D eigenvalue weighted by Crippen LogP contribution is -2.43. The monoisotopic (exact) mass is 508 g/mol. The Bertz CT molecular complexity index is 1450. The molecule has 12 heteroatoms. The van der Waals surface area contributed by atoms with Crippen LogP contribution in [0.2, 0.25) is 0 Å². The van der Waals surface area contributed by atoms with E-state index in [1.165, 1.54) is 11.2 Å². The van der Waals surface area contributed by atoms with Crippen LogP contribution in [0.5, 0.6) is 0 Å². The number of rotatable bonds is 5. The first-order valence-corrected chi connectivity index (χ1v) is 12.5. The van der Waals surface area contributed by atoms with Crippen LogP contribution in [0.1, 0.15) is 22.7 Å². The van der Waals surface area contributed by atoms with Crippen LogP contribution >= 0.6 is 0 Å². The molecule has 3 heterocycles. The maximum absolute atomic E-state index is 13.7. The molecule has 36 heavy (non-hydrogen) atoms. The van der Waals surface area contributed by atoms with E-state index in [-0.39, 0.29) is 31.6 Å². The molecule has 0 bridgehead atoms. The van der Waals surface area contributed by atoms with Crippen molar-refractivity contribution in [3.63, 3.8) is 0 Å². The highest BCUT2D eigenvalue weighted by Crippen LogP contribution is 2.41. The van der Waals surface area contributed by atoms with E-state index in [1.54, 1.807) is 49.8 Å². The second kappa shape index (κ2) is 9.06. The predicted molar refractivity (Wildman–Crippen MR) is 131 cm³/mol. The highest BCUT2D eigenvalue weighted by atomic mass is 32.2. The SMILES string of the molecule is CN1C(=O)C(c2cccc(-c3cncnc3)c2)(c2cccc(C3COCCN3S(=O)(=O)O)c2)N=C1N. The highest BCUT2D eigenvalue weighted by molar-refractivity contribution is 7.83. The van der Waals surface area contributed by atoms with Gasteiger partial charge in [0.15, 0.2) is 11.5 Å². The van der Waals surface area contributed by atoms with Gasteiger partial charge in [0.25, 0.3) is 5.91 Å². The van der Waals surface area contributed by atoms with E-state index in [4.69, 9.17) is 10.5 Å². The van der Waals surface area contributed by atoms with Crippen LogP contribution in [0, 0.1) is 0 Å². The summed E-state index contributed by atoms with van der Waals surface area (Å²) in [4.78, 5) is 27.8. The van der Waals surface area contributed by atoms with Crippen LogP contribution in [-0.4, -0.2) is 70.8 Å². The molecule has 1 amide bonds. The molecule has 0 radical (unpaired) electrons. The molecular weight excluding hydrogens is 484 g/mol. The van der Waals surface area contributed by atoms with Gasteiger partial charge in [0.2, 0.25) is 0 Å². The van der Waals surface area contributed by atoms with Gasteiger partial charge in [-0.3, -0.25) is 14.2 Å². The molecule has 3 N–H and O–H groups in total. The third-order valence-electron chi connectivity index (χ3n) is 6.48. The van der Waals surface area contributed by atoms with E-state index in [2.05, 4.69) is 15.0 Å². The Morgan fingerprint density at radius 1 is 1.08 bits per heavy atom. The van der Waals surface area contributed by atoms with E-state index >= 15 is 0 Å². The van der Waals surface area contributed by atoms with Crippen molar-refractivity contribution >= 4 is 22.2 Å². The van der Waals surface area contributed by atoms with Crippen molar-refractivity contribution in [1.29, 1.82) is 0 Å². The maximum atomic E-state index is 13.7. The number of aliphatic imine (C=N–C) groups is 1. The standard InChI is InChI=1S/C24H24N6O5S/c1-29-22(31)24(28-23(29)25,19-6-2-4-16(10-19)18-12-26-15-27-13-18)20-7-3-5-17(11-20)21-14-35-9-8-30(21)36(32,33)34/h2-7,10-13,15,21H,8-9,14H2,1H3,(H2,25,28)(H,32,33,34). The number of hydrogen-bond donors (Lipinski definition) is 2. The van der Waals surface area contributed by atoms with Crippen molar-refractivity contribution in [2.75, 3.05) is 26.8 Å². The third kappa shape index (κ3) is 4.03. The highest BCUT2D eigenvalue weighted by Gasteiger charge is 2.50. The van der Waals surface area contributed by atoms with Gasteiger partial charge in [0.05, 0.1) is 19.3 Å². The molecule has 1 aromatic heterocycles. The number of carbonyl (C=O) groups is 1. The van der Waals surface area contributed by atoms with E-state index < -0.39 is 21.9 Å². The Hall–Kier alpha value is -3.71. The third-order valence-corrected chi connectivity index (χ3v) is 7.51. The van der Waals surface area contributed by atoms with Crippen LogP contribution in [0.25, 0.3) is 11.1 Å². The summed E-state index contributed by atoms with van der Waals surface area (Å²) in [5.41, 5.74) is 7.80. The second-order valence-corrected chi connectivity index (χ2v) is 9.92. The molecule has 3 aromatic rings. The minimum atomic E-state index is -4.47. The molecule has 2 atom stereocenters.